The van der Waals surface area contributed by atoms with Gasteiger partial charge >= 0.3 is 0 Å². The van der Waals surface area contributed by atoms with Crippen molar-refractivity contribution in [2.45, 2.75) is 64.1 Å². The molecule has 5 rings (SSSR count). The van der Waals surface area contributed by atoms with Gasteiger partial charge in [-0.3, -0.25) is 4.90 Å². The lowest BCUT2D eigenvalue weighted by atomic mass is 9.84. The largest absolute Gasteiger partial charge is 0.489 e. The highest BCUT2D eigenvalue weighted by atomic mass is 19.3. The van der Waals surface area contributed by atoms with E-state index < -0.39 is 30.6 Å². The molecule has 3 aromatic rings. The standard InChI is InChI=1S/C33H39F4N3O/c1-23-17-25-18-27(41-22-24-9-3-2-4-10-24)11-12-28(25)33(40(23)21-31(36)37)32-29(34)19-26(20-30(32)35)39-15-7-5-13-38-14-6-8-16-39/h2-4,9-12,18-20,23,31,33,38H,5-8,13-17,21-22H2,1H3/t23-,33?/m1/s1. The van der Waals surface area contributed by atoms with E-state index in [-0.39, 0.29) is 11.6 Å². The van der Waals surface area contributed by atoms with Gasteiger partial charge in [0, 0.05) is 30.4 Å². The summed E-state index contributed by atoms with van der Waals surface area (Å²) in [6.45, 7) is 4.95. The molecule has 8 heteroatoms. The molecule has 3 aromatic carbocycles. The first-order chi connectivity index (χ1) is 19.9. The van der Waals surface area contributed by atoms with Crippen molar-refractivity contribution in [1.82, 2.24) is 10.2 Å². The Morgan fingerprint density at radius 2 is 1.59 bits per heavy atom. The first-order valence-electron chi connectivity index (χ1n) is 14.7. The van der Waals surface area contributed by atoms with Crippen LogP contribution in [0.25, 0.3) is 0 Å². The molecule has 0 bridgehead atoms. The van der Waals surface area contributed by atoms with E-state index in [1.165, 1.54) is 17.0 Å². The molecule has 0 radical (unpaired) electrons. The number of hydrogen-bond acceptors (Lipinski definition) is 4. The number of ether oxygens (including phenoxy) is 1. The fourth-order valence-electron chi connectivity index (χ4n) is 6.11. The molecule has 220 valence electrons. The molecule has 4 nitrogen and oxygen atoms in total. The van der Waals surface area contributed by atoms with Crippen molar-refractivity contribution < 1.29 is 22.3 Å². The zero-order chi connectivity index (χ0) is 28.8. The maximum Gasteiger partial charge on any atom is 0.251 e. The first-order valence-corrected chi connectivity index (χ1v) is 14.7. The predicted octanol–water partition coefficient (Wildman–Crippen LogP) is 7.11. The predicted molar refractivity (Wildman–Crippen MR) is 155 cm³/mol. The smallest absolute Gasteiger partial charge is 0.251 e. The Kier molecular flexibility index (Phi) is 9.83. The summed E-state index contributed by atoms with van der Waals surface area (Å²) in [5.74, 6) is -0.767. The normalized spacial score (nSPS) is 20.6. The average Bonchev–Trinajstić information content (AvgIpc) is 2.96. The summed E-state index contributed by atoms with van der Waals surface area (Å²) in [6, 6.07) is 16.6. The summed E-state index contributed by atoms with van der Waals surface area (Å²) in [5, 5.41) is 3.41. The summed E-state index contributed by atoms with van der Waals surface area (Å²) in [7, 11) is 0. The second-order valence-electron chi connectivity index (χ2n) is 11.2. The summed E-state index contributed by atoms with van der Waals surface area (Å²) in [5.41, 5.74) is 2.84. The molecule has 1 unspecified atom stereocenters. The zero-order valence-corrected chi connectivity index (χ0v) is 23.6. The Morgan fingerprint density at radius 3 is 2.24 bits per heavy atom. The van der Waals surface area contributed by atoms with E-state index in [0.29, 0.717) is 43.1 Å². The van der Waals surface area contributed by atoms with E-state index in [2.05, 4.69) is 5.32 Å². The molecule has 2 aliphatic heterocycles. The number of anilines is 1. The number of nitrogens with zero attached hydrogens (tertiary/aromatic N) is 2. The third-order valence-electron chi connectivity index (χ3n) is 8.18. The van der Waals surface area contributed by atoms with E-state index >= 15 is 8.78 Å². The number of alkyl halides is 2. The third kappa shape index (κ3) is 7.22. The second kappa shape index (κ2) is 13.7. The Morgan fingerprint density at radius 1 is 0.902 bits per heavy atom. The minimum absolute atomic E-state index is 0.176. The van der Waals surface area contributed by atoms with Crippen LogP contribution >= 0.6 is 0 Å². The van der Waals surface area contributed by atoms with Gasteiger partial charge in [0.2, 0.25) is 0 Å². The van der Waals surface area contributed by atoms with Crippen LogP contribution in [-0.2, 0) is 13.0 Å². The number of halogens is 4. The lowest BCUT2D eigenvalue weighted by Crippen LogP contribution is -2.45. The lowest BCUT2D eigenvalue weighted by Gasteiger charge is -2.42. The number of nitrogens with one attached hydrogen (secondary N) is 1. The highest BCUT2D eigenvalue weighted by molar-refractivity contribution is 5.52. The quantitative estimate of drug-likeness (QED) is 0.307. The van der Waals surface area contributed by atoms with E-state index in [1.54, 1.807) is 12.1 Å². The summed E-state index contributed by atoms with van der Waals surface area (Å²) in [6.07, 6.45) is 1.67. The van der Waals surface area contributed by atoms with Gasteiger partial charge < -0.3 is 15.0 Å². The van der Waals surface area contributed by atoms with Crippen LogP contribution in [0.4, 0.5) is 23.2 Å². The van der Waals surface area contributed by atoms with E-state index in [4.69, 9.17) is 4.74 Å². The number of rotatable bonds is 7. The van der Waals surface area contributed by atoms with Gasteiger partial charge in [-0.15, -0.1) is 0 Å². The van der Waals surface area contributed by atoms with Gasteiger partial charge in [-0.25, -0.2) is 17.6 Å². The van der Waals surface area contributed by atoms with Crippen LogP contribution in [0.2, 0.25) is 0 Å². The highest BCUT2D eigenvalue weighted by Gasteiger charge is 2.38. The third-order valence-corrected chi connectivity index (χ3v) is 8.18. The van der Waals surface area contributed by atoms with Gasteiger partial charge in [-0.1, -0.05) is 36.4 Å². The first kappa shape index (κ1) is 29.4. The van der Waals surface area contributed by atoms with Crippen molar-refractivity contribution in [1.29, 1.82) is 0 Å². The molecular weight excluding hydrogens is 530 g/mol. The van der Waals surface area contributed by atoms with Crippen LogP contribution in [0.1, 0.15) is 60.9 Å². The summed E-state index contributed by atoms with van der Waals surface area (Å²) < 4.78 is 65.5. The van der Waals surface area contributed by atoms with Crippen LogP contribution in [0.5, 0.6) is 5.75 Å². The van der Waals surface area contributed by atoms with Crippen LogP contribution < -0.4 is 15.0 Å². The monoisotopic (exact) mass is 569 g/mol. The number of fused-ring (bicyclic) bond motifs is 1. The van der Waals surface area contributed by atoms with Crippen molar-refractivity contribution in [3.8, 4) is 5.75 Å². The zero-order valence-electron chi connectivity index (χ0n) is 23.6. The van der Waals surface area contributed by atoms with Crippen molar-refractivity contribution in [3.05, 3.63) is 94.6 Å². The van der Waals surface area contributed by atoms with Crippen molar-refractivity contribution >= 4 is 5.69 Å². The highest BCUT2D eigenvalue weighted by Crippen LogP contribution is 2.42. The van der Waals surface area contributed by atoms with Crippen molar-refractivity contribution in [2.24, 2.45) is 0 Å². The molecule has 2 aliphatic rings. The molecule has 1 saturated heterocycles. The molecule has 1 fully saturated rings. The minimum Gasteiger partial charge on any atom is -0.489 e. The number of hydrogen-bond donors (Lipinski definition) is 1. The Hall–Kier alpha value is -3.10. The van der Waals surface area contributed by atoms with E-state index in [9.17, 15) is 8.78 Å². The lowest BCUT2D eigenvalue weighted by molar-refractivity contribution is 0.0444. The fourth-order valence-corrected chi connectivity index (χ4v) is 6.11. The van der Waals surface area contributed by atoms with E-state index in [1.807, 2.05) is 48.2 Å². The molecular formula is C33H39F4N3O. The molecule has 0 spiro atoms. The van der Waals surface area contributed by atoms with Crippen LogP contribution in [0, 0.1) is 11.6 Å². The van der Waals surface area contributed by atoms with Gasteiger partial charge in [-0.05, 0) is 93.1 Å². The van der Waals surface area contributed by atoms with Crippen LogP contribution in [-0.4, -0.2) is 50.1 Å². The number of benzene rings is 3. The summed E-state index contributed by atoms with van der Waals surface area (Å²) in [4.78, 5) is 3.58. The molecule has 1 N–H and O–H groups in total. The maximum atomic E-state index is 16.0. The van der Waals surface area contributed by atoms with Crippen LogP contribution in [0.3, 0.4) is 0 Å². The minimum atomic E-state index is -2.64. The molecule has 0 saturated carbocycles. The second-order valence-corrected chi connectivity index (χ2v) is 11.2. The van der Waals surface area contributed by atoms with Gasteiger partial charge in [-0.2, -0.15) is 0 Å². The molecule has 0 amide bonds. The van der Waals surface area contributed by atoms with Crippen LogP contribution in [0.15, 0.2) is 60.7 Å². The molecule has 41 heavy (non-hydrogen) atoms. The van der Waals surface area contributed by atoms with Crippen molar-refractivity contribution in [3.63, 3.8) is 0 Å². The van der Waals surface area contributed by atoms with Gasteiger partial charge in [0.05, 0.1) is 12.6 Å². The Bertz CT molecular complexity index is 1260. The Labute approximate surface area is 240 Å². The molecule has 0 aliphatic carbocycles. The van der Waals surface area contributed by atoms with Gasteiger partial charge in [0.15, 0.2) is 0 Å². The van der Waals surface area contributed by atoms with Crippen molar-refractivity contribution in [2.75, 3.05) is 37.6 Å². The topological polar surface area (TPSA) is 27.7 Å². The maximum absolute atomic E-state index is 16.0. The molecule has 2 atom stereocenters. The fraction of sp³-hybridized carbons (Fsp3) is 0.455. The van der Waals surface area contributed by atoms with E-state index in [0.717, 1.165) is 49.9 Å². The summed E-state index contributed by atoms with van der Waals surface area (Å²) >= 11 is 0. The van der Waals surface area contributed by atoms with Gasteiger partial charge in [0.1, 0.15) is 24.0 Å². The average molecular weight is 570 g/mol. The Balaban J connectivity index is 1.47. The SMILES string of the molecule is C[C@@H]1Cc2cc(OCc3ccccc3)ccc2C(c2c(F)cc(N3CCCCNCCCC3)cc2F)N1CC(F)F. The van der Waals surface area contributed by atoms with Gasteiger partial charge in [0.25, 0.3) is 6.43 Å². The molecule has 0 aromatic heterocycles. The molecule has 2 heterocycles.